The summed E-state index contributed by atoms with van der Waals surface area (Å²) in [6, 6.07) is 14.7. The summed E-state index contributed by atoms with van der Waals surface area (Å²) in [5, 5.41) is 32.0. The van der Waals surface area contributed by atoms with Crippen molar-refractivity contribution in [2.75, 3.05) is 13.7 Å². The Hall–Kier alpha value is -5.16. The Bertz CT molecular complexity index is 1290. The van der Waals surface area contributed by atoms with Crippen molar-refractivity contribution in [3.05, 3.63) is 70.8 Å². The number of methoxy groups -OCH3 is 1. The Kier molecular flexibility index (Phi) is 15.6. The number of rotatable bonds is 10. The van der Waals surface area contributed by atoms with E-state index in [0.717, 1.165) is 11.1 Å². The molecular weight excluding hydrogens is 608 g/mol. The van der Waals surface area contributed by atoms with Crippen LogP contribution in [0.1, 0.15) is 41.0 Å². The molecule has 242 valence electrons. The number of hydrogen-bond donors (Lipinski definition) is 7. The molecule has 0 radical (unpaired) electrons. The van der Waals surface area contributed by atoms with Gasteiger partial charge < -0.3 is 31.7 Å². The molecule has 0 heterocycles. The number of hydrogen-bond acceptors (Lipinski definition) is 7. The monoisotopic (exact) mass is 637 g/mol. The molecule has 0 aliphatic rings. The van der Waals surface area contributed by atoms with Gasteiger partial charge in [0.1, 0.15) is 18.2 Å². The van der Waals surface area contributed by atoms with E-state index < -0.39 is 30.3 Å². The molecule has 0 fully saturated rings. The number of carboxylic acids is 2. The van der Waals surface area contributed by atoms with Gasteiger partial charge in [-0.3, -0.25) is 20.4 Å². The number of carbonyl (C=O) groups is 4. The number of benzene rings is 2. The maximum Gasteiger partial charge on any atom is 0.490 e. The molecule has 0 bridgehead atoms. The van der Waals surface area contributed by atoms with Gasteiger partial charge in [0.25, 0.3) is 0 Å². The molecule has 1 atom stereocenters. The van der Waals surface area contributed by atoms with Gasteiger partial charge in [0.05, 0.1) is 7.11 Å². The number of aryl methyl sites for hydroxylation is 1. The maximum atomic E-state index is 12.4. The van der Waals surface area contributed by atoms with Crippen LogP contribution < -0.4 is 16.8 Å². The predicted molar refractivity (Wildman–Crippen MR) is 143 cm³/mol. The molecule has 1 amide bonds. The molecule has 1 unspecified atom stereocenters. The van der Waals surface area contributed by atoms with Crippen LogP contribution in [0.4, 0.5) is 26.3 Å². The van der Waals surface area contributed by atoms with Crippen molar-refractivity contribution in [2.45, 2.75) is 37.5 Å². The van der Waals surface area contributed by atoms with Crippen LogP contribution >= 0.6 is 0 Å². The smallest absolute Gasteiger partial charge is 0.475 e. The first-order chi connectivity index (χ1) is 20.2. The molecule has 9 N–H and O–H groups in total. The van der Waals surface area contributed by atoms with Gasteiger partial charge in [-0.25, -0.2) is 9.59 Å². The highest BCUT2D eigenvalue weighted by Gasteiger charge is 2.38. The summed E-state index contributed by atoms with van der Waals surface area (Å²) in [6.45, 7) is -0.179. The zero-order chi connectivity index (χ0) is 34.3. The van der Waals surface area contributed by atoms with Gasteiger partial charge in [0, 0.05) is 17.5 Å². The van der Waals surface area contributed by atoms with Crippen LogP contribution in [-0.2, 0) is 30.3 Å². The van der Waals surface area contributed by atoms with Crippen LogP contribution in [0.15, 0.2) is 48.5 Å². The number of carbonyl (C=O) groups excluding carboxylic acids is 2. The zero-order valence-corrected chi connectivity index (χ0v) is 22.9. The Morgan fingerprint density at radius 2 is 1.34 bits per heavy atom. The number of aliphatic carboxylic acids is 2. The summed E-state index contributed by atoms with van der Waals surface area (Å²) in [5.74, 6) is -6.43. The number of alkyl halides is 6. The van der Waals surface area contributed by atoms with Crippen molar-refractivity contribution in [3.63, 3.8) is 0 Å². The molecule has 0 aliphatic carbocycles. The van der Waals surface area contributed by atoms with Crippen LogP contribution in [-0.4, -0.2) is 71.7 Å². The Morgan fingerprint density at radius 1 is 0.864 bits per heavy atom. The highest BCUT2D eigenvalue weighted by molar-refractivity contribution is 5.95. The maximum absolute atomic E-state index is 12.4. The highest BCUT2D eigenvalue weighted by atomic mass is 19.4. The minimum Gasteiger partial charge on any atom is -0.475 e. The van der Waals surface area contributed by atoms with Crippen LogP contribution in [0.5, 0.6) is 0 Å². The van der Waals surface area contributed by atoms with Gasteiger partial charge >= 0.3 is 30.3 Å². The van der Waals surface area contributed by atoms with Crippen molar-refractivity contribution in [1.82, 2.24) is 5.32 Å². The molecule has 0 aliphatic heterocycles. The van der Waals surface area contributed by atoms with Gasteiger partial charge in [-0.2, -0.15) is 26.3 Å². The summed E-state index contributed by atoms with van der Waals surface area (Å²) in [5.41, 5.74) is 14.3. The van der Waals surface area contributed by atoms with E-state index >= 15 is 0 Å². The third-order valence-electron chi connectivity index (χ3n) is 5.29. The van der Waals surface area contributed by atoms with Gasteiger partial charge in [-0.05, 0) is 36.0 Å². The molecule has 18 heteroatoms. The third-order valence-corrected chi connectivity index (χ3v) is 5.29. The van der Waals surface area contributed by atoms with Crippen LogP contribution in [0.25, 0.3) is 0 Å². The normalized spacial score (nSPS) is 11.3. The Morgan fingerprint density at radius 3 is 1.75 bits per heavy atom. The van der Waals surface area contributed by atoms with E-state index in [-0.39, 0.29) is 36.5 Å². The van der Waals surface area contributed by atoms with Gasteiger partial charge in [0.15, 0.2) is 0 Å². The fourth-order valence-electron chi connectivity index (χ4n) is 3.08. The number of nitrogens with one attached hydrogen (secondary N) is 3. The average molecular weight is 638 g/mol. The SMILES string of the molecule is COC(=O)CNC(=O)CC(CCc1ccc(C(=N)N)cc1)c1cccc(C(=N)N)c1.O=C(O)C(F)(F)F.O=C(O)C(F)(F)F. The van der Waals surface area contributed by atoms with Gasteiger partial charge in [0.2, 0.25) is 5.91 Å². The molecule has 0 spiro atoms. The largest absolute Gasteiger partial charge is 0.490 e. The summed E-state index contributed by atoms with van der Waals surface area (Å²) < 4.78 is 68.0. The van der Waals surface area contributed by atoms with Crippen molar-refractivity contribution >= 4 is 35.5 Å². The molecule has 12 nitrogen and oxygen atoms in total. The van der Waals surface area contributed by atoms with Crippen LogP contribution in [0.2, 0.25) is 0 Å². The number of esters is 1. The van der Waals surface area contributed by atoms with Gasteiger partial charge in [-0.15, -0.1) is 0 Å². The van der Waals surface area contributed by atoms with Crippen molar-refractivity contribution in [2.24, 2.45) is 11.5 Å². The molecule has 2 rings (SSSR count). The minimum atomic E-state index is -5.08. The first-order valence-electron chi connectivity index (χ1n) is 12.0. The lowest BCUT2D eigenvalue weighted by atomic mass is 9.88. The summed E-state index contributed by atoms with van der Waals surface area (Å²) in [6.07, 6.45) is -8.60. The van der Waals surface area contributed by atoms with E-state index in [9.17, 15) is 35.9 Å². The molecular formula is C26H29F6N5O7. The summed E-state index contributed by atoms with van der Waals surface area (Å²) >= 11 is 0. The van der Waals surface area contributed by atoms with E-state index in [1.54, 1.807) is 18.2 Å². The van der Waals surface area contributed by atoms with Crippen molar-refractivity contribution in [3.8, 4) is 0 Å². The van der Waals surface area contributed by atoms with Crippen LogP contribution in [0.3, 0.4) is 0 Å². The topological polar surface area (TPSA) is 230 Å². The summed E-state index contributed by atoms with van der Waals surface area (Å²) in [4.78, 5) is 41.4. The third kappa shape index (κ3) is 15.7. The first-order valence-corrected chi connectivity index (χ1v) is 12.0. The lowest BCUT2D eigenvalue weighted by molar-refractivity contribution is -0.193. The first kappa shape index (κ1) is 38.8. The second-order valence-corrected chi connectivity index (χ2v) is 8.55. The molecule has 0 aromatic heterocycles. The molecule has 0 saturated carbocycles. The van der Waals surface area contributed by atoms with E-state index in [2.05, 4.69) is 10.1 Å². The number of ether oxygens (including phenoxy) is 1. The lowest BCUT2D eigenvalue weighted by Crippen LogP contribution is -2.31. The average Bonchev–Trinajstić information content (AvgIpc) is 2.93. The zero-order valence-electron chi connectivity index (χ0n) is 22.9. The number of amidine groups is 2. The Labute approximate surface area is 246 Å². The lowest BCUT2D eigenvalue weighted by Gasteiger charge is -2.18. The molecule has 44 heavy (non-hydrogen) atoms. The highest BCUT2D eigenvalue weighted by Crippen LogP contribution is 2.26. The quantitative estimate of drug-likeness (QED) is 0.0878. The van der Waals surface area contributed by atoms with E-state index in [4.69, 9.17) is 42.1 Å². The Balaban J connectivity index is 0.00000109. The number of halogens is 6. The number of carboxylic acid groups (broad SMARTS) is 2. The second kappa shape index (κ2) is 17.7. The predicted octanol–water partition coefficient (Wildman–Crippen LogP) is 2.92. The molecule has 2 aromatic rings. The minimum absolute atomic E-state index is 0.0164. The van der Waals surface area contributed by atoms with Crippen molar-refractivity contribution < 1.29 is 60.5 Å². The summed E-state index contributed by atoms with van der Waals surface area (Å²) in [7, 11) is 1.27. The van der Waals surface area contributed by atoms with Crippen molar-refractivity contribution in [1.29, 1.82) is 10.8 Å². The fourth-order valence-corrected chi connectivity index (χ4v) is 3.08. The fraction of sp³-hybridized carbons (Fsp3) is 0.308. The number of nitrogens with two attached hydrogens (primary N) is 2. The van der Waals surface area contributed by atoms with E-state index in [1.807, 2.05) is 30.3 Å². The molecule has 2 aromatic carbocycles. The van der Waals surface area contributed by atoms with E-state index in [1.165, 1.54) is 7.11 Å². The van der Waals surface area contributed by atoms with Crippen LogP contribution in [0, 0.1) is 10.8 Å². The molecule has 0 saturated heterocycles. The second-order valence-electron chi connectivity index (χ2n) is 8.55. The number of amides is 1. The van der Waals surface area contributed by atoms with Gasteiger partial charge in [-0.1, -0.05) is 42.5 Å². The van der Waals surface area contributed by atoms with E-state index in [0.29, 0.717) is 24.0 Å². The number of nitrogen functional groups attached to an aromatic ring is 2. The standard InChI is InChI=1S/C22H27N5O3.2C2HF3O2/c1-30-20(29)13-27-19(28)12-17(16-3-2-4-18(11-16)22(25)26)10-7-14-5-8-15(9-6-14)21(23)24;2*3-2(4,5)1(6)7/h2-6,8-9,11,17H,7,10,12-13H2,1H3,(H3,23,24)(H3,25,26)(H,27,28);2*(H,6,7).